The summed E-state index contributed by atoms with van der Waals surface area (Å²) in [4.78, 5) is 28.1. The monoisotopic (exact) mass is 455 g/mol. The Balaban J connectivity index is 1.72. The molecule has 4 rings (SSSR count). The highest BCUT2D eigenvalue weighted by atomic mass is 16.6. The minimum Gasteiger partial charge on any atom is -0.486 e. The number of anilines is 1. The molecule has 2 heterocycles. The van der Waals surface area contributed by atoms with Gasteiger partial charge in [-0.1, -0.05) is 6.92 Å². The number of ether oxygens (including phenoxy) is 3. The number of carbonyl (C=O) groups is 2. The number of esters is 1. The van der Waals surface area contributed by atoms with Crippen LogP contribution in [0.15, 0.2) is 24.4 Å². The normalized spacial score (nSPS) is 19.9. The Hall–Kier alpha value is -3.03. The van der Waals surface area contributed by atoms with Crippen LogP contribution in [0.25, 0.3) is 5.69 Å². The van der Waals surface area contributed by atoms with Crippen LogP contribution in [0.5, 0.6) is 11.5 Å². The first-order valence-electron chi connectivity index (χ1n) is 11.9. The number of hydrogen-bond acceptors (Lipinski definition) is 6. The van der Waals surface area contributed by atoms with Crippen LogP contribution in [-0.4, -0.2) is 47.5 Å². The summed E-state index contributed by atoms with van der Waals surface area (Å²) in [7, 11) is 0. The fraction of sp³-hybridized carbons (Fsp3) is 0.560. The Morgan fingerprint density at radius 1 is 1.15 bits per heavy atom. The number of hydrogen-bond donors (Lipinski definition) is 0. The predicted molar refractivity (Wildman–Crippen MR) is 124 cm³/mol. The maximum atomic E-state index is 13.6. The molecule has 1 amide bonds. The van der Waals surface area contributed by atoms with Gasteiger partial charge in [0.05, 0.1) is 12.3 Å². The van der Waals surface area contributed by atoms with E-state index in [1.165, 1.54) is 0 Å². The van der Waals surface area contributed by atoms with Crippen LogP contribution >= 0.6 is 0 Å². The minimum absolute atomic E-state index is 0.0230. The second kappa shape index (κ2) is 9.85. The number of nitrogens with zero attached hydrogens (tertiary/aromatic N) is 3. The maximum absolute atomic E-state index is 13.6. The third kappa shape index (κ3) is 4.84. The van der Waals surface area contributed by atoms with E-state index < -0.39 is 5.97 Å². The van der Waals surface area contributed by atoms with Gasteiger partial charge in [-0.25, -0.2) is 9.48 Å². The van der Waals surface area contributed by atoms with Crippen molar-refractivity contribution in [2.24, 2.45) is 11.8 Å². The zero-order valence-electron chi connectivity index (χ0n) is 19.9. The topological polar surface area (TPSA) is 82.9 Å². The molecule has 0 spiro atoms. The van der Waals surface area contributed by atoms with Crippen LogP contribution in [0.4, 0.5) is 5.82 Å². The molecule has 0 radical (unpaired) electrons. The molecule has 0 saturated heterocycles. The third-order valence-corrected chi connectivity index (χ3v) is 6.33. The van der Waals surface area contributed by atoms with Gasteiger partial charge in [0.25, 0.3) is 0 Å². The molecule has 33 heavy (non-hydrogen) atoms. The van der Waals surface area contributed by atoms with Crippen molar-refractivity contribution in [1.82, 2.24) is 9.78 Å². The molecular weight excluding hydrogens is 422 g/mol. The molecule has 1 aliphatic carbocycles. The lowest BCUT2D eigenvalue weighted by molar-refractivity contribution is -0.124. The molecule has 8 heteroatoms. The lowest BCUT2D eigenvalue weighted by Gasteiger charge is -2.32. The van der Waals surface area contributed by atoms with E-state index >= 15 is 0 Å². The molecule has 1 saturated carbocycles. The van der Waals surface area contributed by atoms with E-state index in [2.05, 4.69) is 6.92 Å². The van der Waals surface area contributed by atoms with Gasteiger partial charge in [0, 0.05) is 24.2 Å². The van der Waals surface area contributed by atoms with Gasteiger partial charge in [-0.15, -0.1) is 5.10 Å². The average molecular weight is 456 g/mol. The van der Waals surface area contributed by atoms with Gasteiger partial charge in [-0.05, 0) is 64.5 Å². The first-order chi connectivity index (χ1) is 15.9. The van der Waals surface area contributed by atoms with Crippen LogP contribution in [0.3, 0.4) is 0 Å². The smallest absolute Gasteiger partial charge is 0.343 e. The van der Waals surface area contributed by atoms with E-state index in [9.17, 15) is 9.59 Å². The van der Waals surface area contributed by atoms with Crippen molar-refractivity contribution < 1.29 is 23.8 Å². The zero-order chi connectivity index (χ0) is 23.5. The largest absolute Gasteiger partial charge is 0.486 e. The summed E-state index contributed by atoms with van der Waals surface area (Å²) in [6.45, 7) is 9.11. The fourth-order valence-electron chi connectivity index (χ4n) is 4.51. The molecule has 1 aliphatic heterocycles. The summed E-state index contributed by atoms with van der Waals surface area (Å²) < 4.78 is 18.2. The van der Waals surface area contributed by atoms with Crippen LogP contribution < -0.4 is 14.4 Å². The van der Waals surface area contributed by atoms with Gasteiger partial charge < -0.3 is 14.2 Å². The first kappa shape index (κ1) is 23.1. The van der Waals surface area contributed by atoms with Gasteiger partial charge in [-0.3, -0.25) is 9.69 Å². The molecule has 1 aromatic carbocycles. The van der Waals surface area contributed by atoms with Crippen molar-refractivity contribution in [2.75, 3.05) is 24.7 Å². The molecule has 178 valence electrons. The van der Waals surface area contributed by atoms with Crippen molar-refractivity contribution in [3.63, 3.8) is 0 Å². The van der Waals surface area contributed by atoms with Crippen molar-refractivity contribution in [1.29, 1.82) is 0 Å². The van der Waals surface area contributed by atoms with Crippen LogP contribution in [0, 0.1) is 11.8 Å². The maximum Gasteiger partial charge on any atom is 0.343 e. The summed E-state index contributed by atoms with van der Waals surface area (Å²) >= 11 is 0. The van der Waals surface area contributed by atoms with Gasteiger partial charge in [-0.2, -0.15) is 0 Å². The van der Waals surface area contributed by atoms with Gasteiger partial charge in [0.15, 0.2) is 17.3 Å². The molecule has 0 bridgehead atoms. The summed E-state index contributed by atoms with van der Waals surface area (Å²) in [6.07, 6.45) is 5.43. The van der Waals surface area contributed by atoms with E-state index in [4.69, 9.17) is 19.3 Å². The fourth-order valence-corrected chi connectivity index (χ4v) is 4.51. The van der Waals surface area contributed by atoms with E-state index in [0.29, 0.717) is 42.1 Å². The molecule has 0 unspecified atom stereocenters. The van der Waals surface area contributed by atoms with Crippen LogP contribution in [0.2, 0.25) is 0 Å². The molecular formula is C25H33N3O5. The van der Waals surface area contributed by atoms with Crippen molar-refractivity contribution in [3.8, 4) is 17.2 Å². The molecule has 2 aromatic rings. The highest BCUT2D eigenvalue weighted by Gasteiger charge is 2.34. The number of carbonyl (C=O) groups excluding carboxylic acids is 2. The van der Waals surface area contributed by atoms with E-state index in [1.807, 2.05) is 32.0 Å². The highest BCUT2D eigenvalue weighted by molar-refractivity contribution is 6.02. The van der Waals surface area contributed by atoms with E-state index in [1.54, 1.807) is 22.7 Å². The Morgan fingerprint density at radius 2 is 1.85 bits per heavy atom. The molecule has 1 aromatic heterocycles. The third-order valence-electron chi connectivity index (χ3n) is 6.33. The SMILES string of the molecule is CCOC(=O)c1cn(-c2ccc3c(c2)OCCO3)nc1N(C(=O)[C@H]1CC[C@H](C)CC1)C(C)C. The molecule has 0 atom stereocenters. The lowest BCUT2D eigenvalue weighted by Crippen LogP contribution is -2.43. The number of aromatic nitrogens is 2. The Morgan fingerprint density at radius 3 is 2.52 bits per heavy atom. The number of fused-ring (bicyclic) bond motifs is 1. The molecule has 2 aliphatic rings. The molecule has 0 N–H and O–H groups in total. The summed E-state index contributed by atoms with van der Waals surface area (Å²) in [5.41, 5.74) is 0.983. The second-order valence-electron chi connectivity index (χ2n) is 9.12. The summed E-state index contributed by atoms with van der Waals surface area (Å²) in [5.74, 6) is 1.75. The van der Waals surface area contributed by atoms with Gasteiger partial charge >= 0.3 is 5.97 Å². The average Bonchev–Trinajstić information content (AvgIpc) is 3.24. The van der Waals surface area contributed by atoms with Crippen molar-refractivity contribution in [2.45, 2.75) is 59.4 Å². The standard InChI is InChI=1S/C25H33N3O5/c1-5-31-25(30)20-15-27(19-10-11-21-22(14-19)33-13-12-32-21)26-23(20)28(16(2)3)24(29)18-8-6-17(4)7-9-18/h10-11,14-18H,5-9,12-13H2,1-4H3/t17-,18-. The summed E-state index contributed by atoms with van der Waals surface area (Å²) in [5, 5.41) is 4.71. The summed E-state index contributed by atoms with van der Waals surface area (Å²) in [6, 6.07) is 5.34. The van der Waals surface area contributed by atoms with Crippen LogP contribution in [-0.2, 0) is 9.53 Å². The van der Waals surface area contributed by atoms with Gasteiger partial charge in [0.2, 0.25) is 5.91 Å². The van der Waals surface area contributed by atoms with Crippen LogP contribution in [0.1, 0.15) is 63.7 Å². The second-order valence-corrected chi connectivity index (χ2v) is 9.12. The van der Waals surface area contributed by atoms with Crippen molar-refractivity contribution in [3.05, 3.63) is 30.0 Å². The quantitative estimate of drug-likeness (QED) is 0.601. The Kier molecular flexibility index (Phi) is 6.91. The zero-order valence-corrected chi connectivity index (χ0v) is 19.9. The number of benzene rings is 1. The van der Waals surface area contributed by atoms with E-state index in [-0.39, 0.29) is 30.0 Å². The number of amides is 1. The highest BCUT2D eigenvalue weighted by Crippen LogP contribution is 2.35. The first-order valence-corrected chi connectivity index (χ1v) is 11.9. The Bertz CT molecular complexity index is 1010. The number of rotatable bonds is 6. The Labute approximate surface area is 194 Å². The molecule has 1 fully saturated rings. The minimum atomic E-state index is -0.494. The van der Waals surface area contributed by atoms with Crippen molar-refractivity contribution >= 4 is 17.7 Å². The predicted octanol–water partition coefficient (Wildman–Crippen LogP) is 4.39. The van der Waals surface area contributed by atoms with Gasteiger partial charge in [0.1, 0.15) is 18.8 Å². The van der Waals surface area contributed by atoms with E-state index in [0.717, 1.165) is 25.7 Å². The lowest BCUT2D eigenvalue weighted by atomic mass is 9.82. The molecule has 8 nitrogen and oxygen atoms in total.